The smallest absolute Gasteiger partial charge is 0.339 e. The molecule has 0 aliphatic carbocycles. The van der Waals surface area contributed by atoms with Gasteiger partial charge in [-0.25, -0.2) is 4.99 Å². The molecule has 9 nitrogen and oxygen atoms in total. The summed E-state index contributed by atoms with van der Waals surface area (Å²) in [4.78, 5) is 27.6. The van der Waals surface area contributed by atoms with Crippen molar-refractivity contribution in [3.8, 4) is 5.75 Å². The molecule has 0 radical (unpaired) electrons. The van der Waals surface area contributed by atoms with E-state index in [4.69, 9.17) is 15.8 Å². The minimum Gasteiger partial charge on any atom is -0.378 e. The lowest BCUT2D eigenvalue weighted by Crippen LogP contribution is -2.19. The van der Waals surface area contributed by atoms with Crippen LogP contribution in [0.3, 0.4) is 0 Å². The summed E-state index contributed by atoms with van der Waals surface area (Å²) in [5.41, 5.74) is 1.26. The molecule has 1 aliphatic rings. The highest BCUT2D eigenvalue weighted by atomic mass is 79.9. The van der Waals surface area contributed by atoms with Crippen molar-refractivity contribution in [3.05, 3.63) is 96.3 Å². The second-order valence-electron chi connectivity index (χ2n) is 7.41. The minimum absolute atomic E-state index is 0.0259. The second-order valence-corrected chi connectivity index (χ2v) is 11.3. The summed E-state index contributed by atoms with van der Waals surface area (Å²) in [6.45, 7) is 1.85. The molecule has 1 heterocycles. The third kappa shape index (κ3) is 5.95. The first-order valence-electron chi connectivity index (χ1n) is 10.1. The molecule has 1 aliphatic heterocycles. The van der Waals surface area contributed by atoms with Crippen LogP contribution in [-0.4, -0.2) is 24.4 Å². The molecule has 0 saturated carbocycles. The number of amidine groups is 1. The molecular weight excluding hydrogens is 594 g/mol. The van der Waals surface area contributed by atoms with Crippen LogP contribution < -0.4 is 9.50 Å². The highest BCUT2D eigenvalue weighted by molar-refractivity contribution is 9.10. The zero-order chi connectivity index (χ0) is 26.0. The van der Waals surface area contributed by atoms with Gasteiger partial charge in [-0.15, -0.1) is 0 Å². The van der Waals surface area contributed by atoms with E-state index in [0.29, 0.717) is 14.9 Å². The molecule has 184 valence electrons. The highest BCUT2D eigenvalue weighted by Gasteiger charge is 2.25. The molecule has 0 spiro atoms. The number of hydrogen-bond donors (Lipinski definition) is 1. The molecule has 36 heavy (non-hydrogen) atoms. The van der Waals surface area contributed by atoms with E-state index >= 15 is 0 Å². The summed E-state index contributed by atoms with van der Waals surface area (Å²) >= 11 is 10.1. The van der Waals surface area contributed by atoms with Gasteiger partial charge in [0.2, 0.25) is 0 Å². The van der Waals surface area contributed by atoms with Crippen molar-refractivity contribution in [1.82, 2.24) is 5.32 Å². The number of nitro groups is 1. The monoisotopic (exact) mass is 607 g/mol. The Kier molecular flexibility index (Phi) is 7.50. The van der Waals surface area contributed by atoms with Gasteiger partial charge in [0.25, 0.3) is 11.6 Å². The summed E-state index contributed by atoms with van der Waals surface area (Å²) in [5, 5.41) is 14.2. The van der Waals surface area contributed by atoms with E-state index in [2.05, 4.69) is 26.2 Å². The largest absolute Gasteiger partial charge is 0.378 e. The standard InChI is InChI=1S/C23H15BrClN3O6S2/c1-13-2-6-16(7-3-13)36(32,33)34-20-9-4-14(10-17(20)24)11-21-22(29)27-23(35-21)26-18-8-5-15(25)12-19(18)28(30)31/h2-12H,1H3,(H,26,27,29)/b21-11+. The van der Waals surface area contributed by atoms with Gasteiger partial charge in [-0.3, -0.25) is 14.9 Å². The van der Waals surface area contributed by atoms with E-state index in [1.54, 1.807) is 30.3 Å². The van der Waals surface area contributed by atoms with Crippen molar-refractivity contribution < 1.29 is 22.3 Å². The van der Waals surface area contributed by atoms with Crippen molar-refractivity contribution in [3.63, 3.8) is 0 Å². The van der Waals surface area contributed by atoms with Crippen LogP contribution in [0, 0.1) is 17.0 Å². The van der Waals surface area contributed by atoms with Crippen LogP contribution in [0.15, 0.2) is 79.9 Å². The van der Waals surface area contributed by atoms with E-state index in [-0.39, 0.29) is 32.2 Å². The van der Waals surface area contributed by atoms with Crippen molar-refractivity contribution >= 4 is 77.9 Å². The van der Waals surface area contributed by atoms with Gasteiger partial charge >= 0.3 is 10.1 Å². The fourth-order valence-corrected chi connectivity index (χ4v) is 5.56. The number of aryl methyl sites for hydroxylation is 1. The average Bonchev–Trinajstić information content (AvgIpc) is 3.15. The number of rotatable bonds is 6. The van der Waals surface area contributed by atoms with Gasteiger partial charge in [-0.1, -0.05) is 35.4 Å². The molecule has 1 amide bonds. The molecule has 3 aromatic carbocycles. The summed E-state index contributed by atoms with van der Waals surface area (Å²) < 4.78 is 30.8. The van der Waals surface area contributed by atoms with Crippen molar-refractivity contribution in [2.24, 2.45) is 4.99 Å². The third-order valence-corrected chi connectivity index (χ3v) is 7.78. The lowest BCUT2D eigenvalue weighted by molar-refractivity contribution is -0.384. The molecule has 13 heteroatoms. The van der Waals surface area contributed by atoms with Crippen molar-refractivity contribution in [1.29, 1.82) is 0 Å². The number of aliphatic imine (C=N–C) groups is 1. The summed E-state index contributed by atoms with van der Waals surface area (Å²) in [6.07, 6.45) is 1.57. The molecular formula is C23H15BrClN3O6S2. The maximum absolute atomic E-state index is 12.6. The predicted octanol–water partition coefficient (Wildman–Crippen LogP) is 5.98. The van der Waals surface area contributed by atoms with E-state index in [9.17, 15) is 23.3 Å². The molecule has 0 atom stereocenters. The maximum atomic E-state index is 12.6. The fraction of sp³-hybridized carbons (Fsp3) is 0.0435. The molecule has 4 rings (SSSR count). The predicted molar refractivity (Wildman–Crippen MR) is 142 cm³/mol. The Labute approximate surface area is 223 Å². The Hall–Kier alpha value is -3.19. The molecule has 1 fully saturated rings. The van der Waals surface area contributed by atoms with E-state index in [1.807, 2.05) is 6.92 Å². The maximum Gasteiger partial charge on any atom is 0.339 e. The van der Waals surface area contributed by atoms with Crippen molar-refractivity contribution in [2.75, 3.05) is 0 Å². The molecule has 1 saturated heterocycles. The first-order chi connectivity index (χ1) is 17.0. The summed E-state index contributed by atoms with van der Waals surface area (Å²) in [7, 11) is -4.03. The van der Waals surface area contributed by atoms with E-state index < -0.39 is 20.9 Å². The fourth-order valence-electron chi connectivity index (χ4n) is 3.02. The van der Waals surface area contributed by atoms with Gasteiger partial charge in [0.05, 0.1) is 14.3 Å². The number of nitrogens with zero attached hydrogens (tertiary/aromatic N) is 2. The number of carbonyl (C=O) groups is 1. The van der Waals surface area contributed by atoms with Gasteiger partial charge < -0.3 is 9.50 Å². The average molecular weight is 609 g/mol. The van der Waals surface area contributed by atoms with Gasteiger partial charge in [-0.2, -0.15) is 8.42 Å². The van der Waals surface area contributed by atoms with Gasteiger partial charge in [0.1, 0.15) is 10.6 Å². The molecule has 3 aromatic rings. The topological polar surface area (TPSA) is 128 Å². The first-order valence-corrected chi connectivity index (χ1v) is 13.5. The van der Waals surface area contributed by atoms with Crippen LogP contribution >= 0.6 is 39.3 Å². The number of halogens is 2. The van der Waals surface area contributed by atoms with Crippen LogP contribution in [0.1, 0.15) is 11.1 Å². The molecule has 1 N–H and O–H groups in total. The van der Waals surface area contributed by atoms with Crippen molar-refractivity contribution in [2.45, 2.75) is 11.8 Å². The number of hydrogen-bond acceptors (Lipinski definition) is 8. The number of benzene rings is 3. The highest BCUT2D eigenvalue weighted by Crippen LogP contribution is 2.35. The van der Waals surface area contributed by atoms with Gasteiger partial charge in [0, 0.05) is 11.1 Å². The normalized spacial score (nSPS) is 15.8. The molecule has 0 bridgehead atoms. The van der Waals surface area contributed by atoms with Crippen LogP contribution in [0.4, 0.5) is 11.4 Å². The number of carbonyl (C=O) groups excluding carboxylic acids is 1. The molecule has 0 unspecified atom stereocenters. The number of amides is 1. The summed E-state index contributed by atoms with van der Waals surface area (Å²) in [5.74, 6) is -0.354. The zero-order valence-corrected chi connectivity index (χ0v) is 22.2. The zero-order valence-electron chi connectivity index (χ0n) is 18.3. The Morgan fingerprint density at radius 3 is 2.53 bits per heavy atom. The number of nitrogens with one attached hydrogen (secondary N) is 1. The third-order valence-electron chi connectivity index (χ3n) is 4.77. The Morgan fingerprint density at radius 1 is 1.14 bits per heavy atom. The molecule has 0 aromatic heterocycles. The van der Waals surface area contributed by atoms with E-state index in [1.165, 1.54) is 36.4 Å². The lowest BCUT2D eigenvalue weighted by Gasteiger charge is -2.09. The van der Waals surface area contributed by atoms with Gasteiger partial charge in [0.15, 0.2) is 10.9 Å². The Morgan fingerprint density at radius 2 is 1.86 bits per heavy atom. The minimum atomic E-state index is -4.03. The van der Waals surface area contributed by atoms with Crippen LogP contribution in [0.5, 0.6) is 5.75 Å². The SMILES string of the molecule is Cc1ccc(S(=O)(=O)Oc2ccc(/C=C3/SC(=Nc4ccc(Cl)cc4[N+](=O)[O-])NC3=O)cc2Br)cc1. The first kappa shape index (κ1) is 25.9. The Bertz CT molecular complexity index is 1560. The lowest BCUT2D eigenvalue weighted by atomic mass is 10.2. The quantitative estimate of drug-likeness (QED) is 0.158. The van der Waals surface area contributed by atoms with Gasteiger partial charge in [-0.05, 0) is 82.7 Å². The van der Waals surface area contributed by atoms with Crippen LogP contribution in [-0.2, 0) is 14.9 Å². The van der Waals surface area contributed by atoms with E-state index in [0.717, 1.165) is 17.3 Å². The van der Waals surface area contributed by atoms with Crippen LogP contribution in [0.25, 0.3) is 6.08 Å². The summed E-state index contributed by atoms with van der Waals surface area (Å²) in [6, 6.07) is 15.0. The Balaban J connectivity index is 1.54. The number of nitro benzene ring substituents is 1. The van der Waals surface area contributed by atoms with Crippen LogP contribution in [0.2, 0.25) is 5.02 Å². The number of thioether (sulfide) groups is 1. The second kappa shape index (κ2) is 10.4.